The summed E-state index contributed by atoms with van der Waals surface area (Å²) < 4.78 is 7.34. The first-order valence-corrected chi connectivity index (χ1v) is 14.0. The number of ether oxygens (including phenoxy) is 1. The Morgan fingerprint density at radius 2 is 1.98 bits per heavy atom. The molecule has 8 heteroatoms. The first-order chi connectivity index (χ1) is 19.7. The van der Waals surface area contributed by atoms with Gasteiger partial charge in [0.05, 0.1) is 30.5 Å². The predicted molar refractivity (Wildman–Crippen MR) is 155 cm³/mol. The van der Waals surface area contributed by atoms with Crippen LogP contribution in [0.5, 0.6) is 0 Å². The van der Waals surface area contributed by atoms with E-state index in [9.17, 15) is 5.26 Å². The normalized spacial score (nSPS) is 20.9. The second-order valence-corrected chi connectivity index (χ2v) is 11.1. The Morgan fingerprint density at radius 1 is 1.05 bits per heavy atom. The maximum absolute atomic E-state index is 9.75. The molecule has 0 saturated carbocycles. The van der Waals surface area contributed by atoms with Gasteiger partial charge in [-0.1, -0.05) is 12.1 Å². The molecule has 8 heterocycles. The van der Waals surface area contributed by atoms with E-state index in [1.807, 2.05) is 23.1 Å². The summed E-state index contributed by atoms with van der Waals surface area (Å²) in [6.45, 7) is 4.32. The number of fused-ring (bicyclic) bond motifs is 4. The molecule has 0 spiro atoms. The van der Waals surface area contributed by atoms with E-state index in [1.165, 1.54) is 28.5 Å². The van der Waals surface area contributed by atoms with E-state index >= 15 is 0 Å². The fraction of sp³-hybridized carbons (Fsp3) is 0.281. The Bertz CT molecular complexity index is 1800. The molecule has 2 bridgehead atoms. The summed E-state index contributed by atoms with van der Waals surface area (Å²) in [6.07, 6.45) is 11.9. The smallest absolute Gasteiger partial charge is 0.128 e. The Kier molecular flexibility index (Phi) is 5.47. The first kappa shape index (κ1) is 23.4. The van der Waals surface area contributed by atoms with E-state index in [-0.39, 0.29) is 0 Å². The summed E-state index contributed by atoms with van der Waals surface area (Å²) in [5, 5.41) is 15.5. The quantitative estimate of drug-likeness (QED) is 0.346. The molecule has 2 unspecified atom stereocenters. The molecule has 0 aliphatic carbocycles. The monoisotopic (exact) mass is 527 g/mol. The van der Waals surface area contributed by atoms with E-state index in [0.29, 0.717) is 24.3 Å². The van der Waals surface area contributed by atoms with Crippen molar-refractivity contribution in [3.05, 3.63) is 90.0 Å². The molecule has 4 aliphatic rings. The number of hydrogen-bond acceptors (Lipinski definition) is 6. The van der Waals surface area contributed by atoms with Gasteiger partial charge in [0.25, 0.3) is 0 Å². The van der Waals surface area contributed by atoms with Crippen molar-refractivity contribution in [1.29, 1.82) is 5.26 Å². The fourth-order valence-corrected chi connectivity index (χ4v) is 6.66. The van der Waals surface area contributed by atoms with Crippen molar-refractivity contribution in [1.82, 2.24) is 24.5 Å². The molecule has 198 valence electrons. The van der Waals surface area contributed by atoms with Gasteiger partial charge < -0.3 is 14.6 Å². The number of aromatic nitrogens is 4. The number of benzene rings is 1. The van der Waals surface area contributed by atoms with E-state index in [2.05, 4.69) is 74.5 Å². The number of nitriles is 1. The lowest BCUT2D eigenvalue weighted by Crippen LogP contribution is -2.68. The van der Waals surface area contributed by atoms with E-state index < -0.39 is 0 Å². The number of nitrogens with one attached hydrogen (secondary N) is 1. The van der Waals surface area contributed by atoms with Crippen LogP contribution >= 0.6 is 0 Å². The van der Waals surface area contributed by atoms with E-state index in [0.717, 1.165) is 60.7 Å². The predicted octanol–water partition coefficient (Wildman–Crippen LogP) is 5.02. The molecule has 0 amide bonds. The van der Waals surface area contributed by atoms with Crippen LogP contribution in [0.2, 0.25) is 0 Å². The van der Waals surface area contributed by atoms with Crippen LogP contribution in [0.4, 0.5) is 5.82 Å². The molecule has 2 atom stereocenters. The summed E-state index contributed by atoms with van der Waals surface area (Å²) in [5.74, 6) is 1.01. The van der Waals surface area contributed by atoms with Crippen LogP contribution in [-0.2, 0) is 11.3 Å². The van der Waals surface area contributed by atoms with Gasteiger partial charge in [0.15, 0.2) is 0 Å². The minimum atomic E-state index is 0.552. The summed E-state index contributed by atoms with van der Waals surface area (Å²) in [7, 11) is 0. The highest BCUT2D eigenvalue weighted by Gasteiger charge is 2.44. The van der Waals surface area contributed by atoms with Gasteiger partial charge in [0, 0.05) is 67.0 Å². The van der Waals surface area contributed by atoms with Crippen molar-refractivity contribution in [3.8, 4) is 17.2 Å². The first-order valence-electron chi connectivity index (χ1n) is 14.0. The topological polar surface area (TPSA) is 85.5 Å². The van der Waals surface area contributed by atoms with Gasteiger partial charge in [-0.3, -0.25) is 4.90 Å². The minimum absolute atomic E-state index is 0.552. The number of piperazine rings is 1. The minimum Gasteiger partial charge on any atom is -0.377 e. The molecule has 40 heavy (non-hydrogen) atoms. The maximum Gasteiger partial charge on any atom is 0.128 e. The van der Waals surface area contributed by atoms with Crippen molar-refractivity contribution in [2.75, 3.05) is 31.2 Å². The van der Waals surface area contributed by atoms with Crippen LogP contribution in [0, 0.1) is 11.3 Å². The van der Waals surface area contributed by atoms with Gasteiger partial charge in [-0.2, -0.15) is 10.4 Å². The number of piperidine rings is 1. The van der Waals surface area contributed by atoms with Crippen molar-refractivity contribution >= 4 is 27.8 Å². The second-order valence-electron chi connectivity index (χ2n) is 11.1. The highest BCUT2D eigenvalue weighted by atomic mass is 16.5. The molecule has 1 aromatic carbocycles. The lowest BCUT2D eigenvalue weighted by molar-refractivity contribution is -0.00865. The molecule has 4 aromatic heterocycles. The molecular weight excluding hydrogens is 498 g/mol. The fourth-order valence-electron chi connectivity index (χ4n) is 6.66. The van der Waals surface area contributed by atoms with Gasteiger partial charge >= 0.3 is 0 Å². The van der Waals surface area contributed by atoms with Crippen molar-refractivity contribution in [2.24, 2.45) is 0 Å². The van der Waals surface area contributed by atoms with Gasteiger partial charge in [-0.05, 0) is 71.3 Å². The van der Waals surface area contributed by atoms with Gasteiger partial charge in [0.1, 0.15) is 11.9 Å². The number of anilines is 1. The molecule has 3 saturated heterocycles. The third-order valence-corrected chi connectivity index (χ3v) is 8.78. The van der Waals surface area contributed by atoms with Gasteiger partial charge in [-0.25, -0.2) is 9.50 Å². The molecule has 3 fully saturated rings. The number of pyridine rings is 2. The van der Waals surface area contributed by atoms with E-state index in [1.54, 1.807) is 6.20 Å². The summed E-state index contributed by atoms with van der Waals surface area (Å²) in [6, 6.07) is 18.7. The summed E-state index contributed by atoms with van der Waals surface area (Å²) in [4.78, 5) is 13.3. The van der Waals surface area contributed by atoms with Crippen molar-refractivity contribution in [3.63, 3.8) is 0 Å². The molecule has 0 radical (unpaired) electrons. The third-order valence-electron chi connectivity index (χ3n) is 8.78. The second kappa shape index (κ2) is 9.33. The van der Waals surface area contributed by atoms with E-state index in [4.69, 9.17) is 9.72 Å². The van der Waals surface area contributed by atoms with Crippen LogP contribution in [0.1, 0.15) is 29.5 Å². The number of H-pyrrole nitrogens is 1. The van der Waals surface area contributed by atoms with Crippen LogP contribution in [0.25, 0.3) is 33.1 Å². The number of nitrogens with zero attached hydrogens (tertiary/aromatic N) is 6. The number of aromatic amines is 1. The highest BCUT2D eigenvalue weighted by molar-refractivity contribution is 5.87. The number of hydrogen-bond donors (Lipinski definition) is 1. The Morgan fingerprint density at radius 3 is 2.77 bits per heavy atom. The number of rotatable bonds is 5. The lowest BCUT2D eigenvalue weighted by Gasteiger charge is -2.56. The SMILES string of the molecule is N#Cc1cnn2cc(C3=CCOCC3)cc(-c3ccc(N4CC5CC(C4)N5Cc4ccc5[nH]ccc5c4)nc3)c12. The zero-order chi connectivity index (χ0) is 26.6. The van der Waals surface area contributed by atoms with Crippen LogP contribution in [-0.4, -0.2) is 62.9 Å². The summed E-state index contributed by atoms with van der Waals surface area (Å²) >= 11 is 0. The average Bonchev–Trinajstić information content (AvgIpc) is 3.66. The third kappa shape index (κ3) is 3.89. The molecule has 5 aromatic rings. The molecule has 4 aliphatic heterocycles. The Hall–Kier alpha value is -4.45. The van der Waals surface area contributed by atoms with Crippen molar-refractivity contribution in [2.45, 2.75) is 31.5 Å². The van der Waals surface area contributed by atoms with Gasteiger partial charge in [-0.15, -0.1) is 0 Å². The summed E-state index contributed by atoms with van der Waals surface area (Å²) in [5.41, 5.74) is 8.28. The molecule has 8 nitrogen and oxygen atoms in total. The highest BCUT2D eigenvalue weighted by Crippen LogP contribution is 2.37. The van der Waals surface area contributed by atoms with Crippen LogP contribution < -0.4 is 4.90 Å². The average molecular weight is 528 g/mol. The zero-order valence-electron chi connectivity index (χ0n) is 22.1. The molecule has 1 N–H and O–H groups in total. The zero-order valence-corrected chi connectivity index (χ0v) is 22.1. The van der Waals surface area contributed by atoms with Crippen molar-refractivity contribution < 1.29 is 4.74 Å². The van der Waals surface area contributed by atoms with Gasteiger partial charge in [0.2, 0.25) is 0 Å². The van der Waals surface area contributed by atoms with Crippen LogP contribution in [0.3, 0.4) is 0 Å². The molecule has 9 rings (SSSR count). The lowest BCUT2D eigenvalue weighted by atomic mass is 9.86. The Balaban J connectivity index is 1.03. The largest absolute Gasteiger partial charge is 0.377 e. The molecular formula is C32H29N7O. The van der Waals surface area contributed by atoms with Crippen LogP contribution in [0.15, 0.2) is 73.3 Å². The maximum atomic E-state index is 9.75. The Labute approximate surface area is 232 Å². The standard InChI is InChI=1S/C32H29N7O/c33-14-26-16-36-39-18-25(22-6-9-40-10-7-22)12-29(32(26)39)24-2-4-31(35-15-24)37-19-27-13-28(20-37)38(27)17-21-1-3-30-23(11-21)5-8-34-30/h1-6,8,11-12,15-16,18,27-28,34H,7,9-10,13,17,19-20H2.